The van der Waals surface area contributed by atoms with Crippen molar-refractivity contribution in [2.45, 2.75) is 61.4 Å². The largest absolute Gasteiger partial charge is 0.507 e. The van der Waals surface area contributed by atoms with Crippen molar-refractivity contribution in [1.82, 2.24) is 0 Å². The lowest BCUT2D eigenvalue weighted by Gasteiger charge is -2.45. The Hall–Kier alpha value is -3.55. The van der Waals surface area contributed by atoms with Crippen LogP contribution in [-0.2, 0) is 14.2 Å². The van der Waals surface area contributed by atoms with Gasteiger partial charge in [-0.2, -0.15) is 0 Å². The molecule has 2 aliphatic heterocycles. The van der Waals surface area contributed by atoms with Gasteiger partial charge >= 0.3 is 0 Å². The van der Waals surface area contributed by atoms with E-state index in [2.05, 4.69) is 0 Å². The van der Waals surface area contributed by atoms with Crippen molar-refractivity contribution in [1.29, 1.82) is 0 Å². The van der Waals surface area contributed by atoms with Gasteiger partial charge in [0, 0.05) is 23.8 Å². The SMILES string of the molecule is O=c1cc(-c2ccc(O)c(O)c2)oc2cc(O[C@@H]3O[C@H](CO)[C@@H](O)[C@H](O)[C@H]3O[C@H]3O[C@@H](CO)[C@H](O)[C@H](O)[C@@H]3O)cc(O)c12. The summed E-state index contributed by atoms with van der Waals surface area (Å²) in [6.45, 7) is -1.54. The molecule has 234 valence electrons. The van der Waals surface area contributed by atoms with Crippen LogP contribution in [0.3, 0.4) is 0 Å². The van der Waals surface area contributed by atoms with Gasteiger partial charge in [0.05, 0.1) is 13.2 Å². The third-order valence-corrected chi connectivity index (χ3v) is 7.26. The van der Waals surface area contributed by atoms with Crippen LogP contribution in [0.15, 0.2) is 45.6 Å². The first-order valence-electron chi connectivity index (χ1n) is 13.0. The van der Waals surface area contributed by atoms with Gasteiger partial charge in [-0.15, -0.1) is 0 Å². The quantitative estimate of drug-likeness (QED) is 0.125. The Morgan fingerprint density at radius 3 is 2.00 bits per heavy atom. The molecule has 0 spiro atoms. The van der Waals surface area contributed by atoms with Gasteiger partial charge in [0.25, 0.3) is 0 Å². The Balaban J connectivity index is 1.48. The second-order valence-electron chi connectivity index (χ2n) is 10.1. The molecule has 0 unspecified atom stereocenters. The highest BCUT2D eigenvalue weighted by Gasteiger charge is 2.51. The van der Waals surface area contributed by atoms with E-state index in [4.69, 9.17) is 23.4 Å². The van der Waals surface area contributed by atoms with E-state index < -0.39 is 97.3 Å². The molecule has 2 aliphatic rings. The third-order valence-electron chi connectivity index (χ3n) is 7.26. The van der Waals surface area contributed by atoms with Crippen LogP contribution >= 0.6 is 0 Å². The molecule has 2 fully saturated rings. The first-order chi connectivity index (χ1) is 20.4. The zero-order valence-electron chi connectivity index (χ0n) is 22.1. The maximum absolute atomic E-state index is 12.8. The number of rotatable bonds is 7. The molecular weight excluding hydrogens is 580 g/mol. The molecule has 16 nitrogen and oxygen atoms in total. The molecule has 2 aromatic carbocycles. The monoisotopic (exact) mass is 610 g/mol. The van der Waals surface area contributed by atoms with Gasteiger partial charge in [-0.1, -0.05) is 0 Å². The van der Waals surface area contributed by atoms with Gasteiger partial charge in [0.2, 0.25) is 6.29 Å². The number of phenolic OH excluding ortho intramolecular Hbond substituents is 3. The molecule has 5 rings (SSSR count). The summed E-state index contributed by atoms with van der Waals surface area (Å²) in [4.78, 5) is 12.8. The molecule has 43 heavy (non-hydrogen) atoms. The van der Waals surface area contributed by atoms with E-state index in [0.717, 1.165) is 18.2 Å². The van der Waals surface area contributed by atoms with E-state index in [0.29, 0.717) is 0 Å². The van der Waals surface area contributed by atoms with E-state index in [-0.39, 0.29) is 28.0 Å². The van der Waals surface area contributed by atoms with Gasteiger partial charge < -0.3 is 74.4 Å². The van der Waals surface area contributed by atoms with E-state index >= 15 is 0 Å². The van der Waals surface area contributed by atoms with Crippen LogP contribution in [0.2, 0.25) is 0 Å². The van der Waals surface area contributed by atoms with Crippen LogP contribution < -0.4 is 10.2 Å². The number of aliphatic hydroxyl groups excluding tert-OH is 7. The number of ether oxygens (including phenoxy) is 4. The highest BCUT2D eigenvalue weighted by Crippen LogP contribution is 2.36. The van der Waals surface area contributed by atoms with Crippen LogP contribution in [0, 0.1) is 0 Å². The van der Waals surface area contributed by atoms with Crippen molar-refractivity contribution in [3.05, 3.63) is 46.6 Å². The highest BCUT2D eigenvalue weighted by molar-refractivity contribution is 5.86. The highest BCUT2D eigenvalue weighted by atomic mass is 16.8. The second kappa shape index (κ2) is 12.2. The minimum absolute atomic E-state index is 0.0408. The first kappa shape index (κ1) is 30.9. The Labute approximate surface area is 241 Å². The van der Waals surface area contributed by atoms with Crippen LogP contribution in [-0.4, -0.2) is 126 Å². The summed E-state index contributed by atoms with van der Waals surface area (Å²) in [5, 5.41) is 101. The number of hydrogen-bond acceptors (Lipinski definition) is 16. The number of fused-ring (bicyclic) bond motifs is 1. The topological polar surface area (TPSA) is 269 Å². The molecule has 0 saturated carbocycles. The van der Waals surface area contributed by atoms with E-state index in [9.17, 15) is 55.9 Å². The molecule has 10 N–H and O–H groups in total. The van der Waals surface area contributed by atoms with Crippen LogP contribution in [0.1, 0.15) is 0 Å². The lowest BCUT2D eigenvalue weighted by atomic mass is 9.97. The van der Waals surface area contributed by atoms with Gasteiger partial charge in [0.15, 0.2) is 29.3 Å². The standard InChI is InChI=1S/C27H30O16/c28-7-17-20(34)22(36)24(38)26(41-17)43-25-23(37)21(35)18(8-29)42-27(25)39-10-4-13(32)19-14(33)6-15(40-16(19)5-10)9-1-2-11(30)12(31)3-9/h1-6,17-18,20-32,34-38H,7-8H2/t17-,18+,20-,21+,22-,23-,24-,25+,26+,27+/m0/s1. The summed E-state index contributed by atoms with van der Waals surface area (Å²) in [6.07, 6.45) is -16.9. The summed E-state index contributed by atoms with van der Waals surface area (Å²) in [5.74, 6) is -1.71. The zero-order chi connectivity index (χ0) is 31.2. The normalized spacial score (nSPS) is 33.0. The van der Waals surface area contributed by atoms with Crippen molar-refractivity contribution >= 4 is 11.0 Å². The Kier molecular flexibility index (Phi) is 8.77. The maximum Gasteiger partial charge on any atom is 0.229 e. The zero-order valence-corrected chi connectivity index (χ0v) is 22.1. The predicted molar refractivity (Wildman–Crippen MR) is 140 cm³/mol. The van der Waals surface area contributed by atoms with E-state index in [1.165, 1.54) is 18.2 Å². The summed E-state index contributed by atoms with van der Waals surface area (Å²) in [6, 6.07) is 6.97. The Morgan fingerprint density at radius 1 is 0.698 bits per heavy atom. The van der Waals surface area contributed by atoms with E-state index in [1.807, 2.05) is 0 Å². The Bertz CT molecular complexity index is 1510. The van der Waals surface area contributed by atoms with Gasteiger partial charge in [0.1, 0.15) is 71.0 Å². The minimum atomic E-state index is -1.88. The molecule has 1 aromatic heterocycles. The molecule has 3 aromatic rings. The van der Waals surface area contributed by atoms with Crippen molar-refractivity contribution in [2.24, 2.45) is 0 Å². The van der Waals surface area contributed by atoms with Gasteiger partial charge in [-0.25, -0.2) is 0 Å². The van der Waals surface area contributed by atoms with Crippen LogP contribution in [0.5, 0.6) is 23.0 Å². The van der Waals surface area contributed by atoms with Crippen LogP contribution in [0.25, 0.3) is 22.3 Å². The molecule has 0 amide bonds. The number of hydrogen-bond donors (Lipinski definition) is 10. The lowest BCUT2D eigenvalue weighted by molar-refractivity contribution is -0.357. The minimum Gasteiger partial charge on any atom is -0.507 e. The summed E-state index contributed by atoms with van der Waals surface area (Å²) < 4.78 is 28.1. The summed E-state index contributed by atoms with van der Waals surface area (Å²) >= 11 is 0. The molecule has 3 heterocycles. The number of aromatic hydroxyl groups is 3. The average Bonchev–Trinajstić information content (AvgIpc) is 2.97. The fraction of sp³-hybridized carbons (Fsp3) is 0.444. The third kappa shape index (κ3) is 5.85. The number of aliphatic hydroxyl groups is 7. The fourth-order valence-electron chi connectivity index (χ4n) is 4.90. The van der Waals surface area contributed by atoms with Gasteiger partial charge in [-0.05, 0) is 18.2 Å². The first-order valence-corrected chi connectivity index (χ1v) is 13.0. The number of benzene rings is 2. The molecule has 2 saturated heterocycles. The molecule has 0 radical (unpaired) electrons. The fourth-order valence-corrected chi connectivity index (χ4v) is 4.90. The van der Waals surface area contributed by atoms with Crippen molar-refractivity contribution in [3.63, 3.8) is 0 Å². The van der Waals surface area contributed by atoms with Gasteiger partial charge in [-0.3, -0.25) is 4.79 Å². The molecule has 10 atom stereocenters. The molecule has 0 aliphatic carbocycles. The Morgan fingerprint density at radius 2 is 1.35 bits per heavy atom. The average molecular weight is 611 g/mol. The molecular formula is C27H30O16. The summed E-state index contributed by atoms with van der Waals surface area (Å²) in [7, 11) is 0. The van der Waals surface area contributed by atoms with Crippen molar-refractivity contribution in [3.8, 4) is 34.3 Å². The maximum atomic E-state index is 12.8. The second-order valence-corrected chi connectivity index (χ2v) is 10.1. The predicted octanol–water partition coefficient (Wildman–Crippen LogP) is -2.42. The van der Waals surface area contributed by atoms with E-state index in [1.54, 1.807) is 0 Å². The van der Waals surface area contributed by atoms with Crippen molar-refractivity contribution < 1.29 is 74.4 Å². The molecule has 0 bridgehead atoms. The van der Waals surface area contributed by atoms with Crippen molar-refractivity contribution in [2.75, 3.05) is 13.2 Å². The summed E-state index contributed by atoms with van der Waals surface area (Å²) in [5.41, 5.74) is -0.636. The smallest absolute Gasteiger partial charge is 0.229 e. The van der Waals surface area contributed by atoms with Crippen LogP contribution in [0.4, 0.5) is 0 Å². The molecule has 16 heteroatoms. The number of phenols is 3. The lowest BCUT2D eigenvalue weighted by Crippen LogP contribution is -2.65.